The molecule has 9 heteroatoms. The Morgan fingerprint density at radius 1 is 0.364 bits per heavy atom. The zero-order chi connectivity index (χ0) is 16.9. The summed E-state index contributed by atoms with van der Waals surface area (Å²) in [5, 5.41) is 0. The van der Waals surface area contributed by atoms with Crippen molar-refractivity contribution >= 4 is 120 Å². The van der Waals surface area contributed by atoms with Crippen LogP contribution in [-0.4, -0.2) is 70.6 Å². The molecule has 0 aliphatic carbocycles. The number of rotatable bonds is 1. The summed E-state index contributed by atoms with van der Waals surface area (Å²) in [5.41, 5.74) is 2.65. The second kappa shape index (κ2) is 5.91. The largest absolute Gasteiger partial charge is 0.113 e. The smallest absolute Gasteiger partial charge is 0.112 e. The van der Waals surface area contributed by atoms with Crippen molar-refractivity contribution in [3.8, 4) is 11.1 Å². The van der Waals surface area contributed by atoms with Crippen LogP contribution in [0.15, 0.2) is 0 Å². The third-order valence-corrected chi connectivity index (χ3v) is 3.88. The molecule has 0 saturated heterocycles. The van der Waals surface area contributed by atoms with Gasteiger partial charge >= 0.3 is 0 Å². The maximum atomic E-state index is 6.08. The van der Waals surface area contributed by atoms with Crippen LogP contribution in [0.1, 0.15) is 5.56 Å². The maximum absolute atomic E-state index is 6.08. The van der Waals surface area contributed by atoms with Crippen LogP contribution < -0.4 is 49.2 Å². The highest BCUT2D eigenvalue weighted by molar-refractivity contribution is 6.70. The summed E-state index contributed by atoms with van der Waals surface area (Å²) < 4.78 is 0. The van der Waals surface area contributed by atoms with Crippen LogP contribution in [0.2, 0.25) is 0 Å². The van der Waals surface area contributed by atoms with Crippen molar-refractivity contribution in [2.45, 2.75) is 6.92 Å². The molecule has 2 aromatic rings. The van der Waals surface area contributed by atoms with Crippen molar-refractivity contribution in [1.29, 1.82) is 0 Å². The fourth-order valence-electron chi connectivity index (χ4n) is 2.35. The lowest BCUT2D eigenvalue weighted by atomic mass is 9.56. The van der Waals surface area contributed by atoms with Gasteiger partial charge in [-0.05, 0) is 18.1 Å². The molecule has 0 nitrogen and oxygen atoms in total. The molecule has 0 spiro atoms. The van der Waals surface area contributed by atoms with E-state index in [4.69, 9.17) is 70.6 Å². The van der Waals surface area contributed by atoms with Gasteiger partial charge in [0.1, 0.15) is 70.6 Å². The Kier molecular flexibility index (Phi) is 4.67. The van der Waals surface area contributed by atoms with Crippen LogP contribution in [0.4, 0.5) is 0 Å². The summed E-state index contributed by atoms with van der Waals surface area (Å²) in [5.74, 6) is 0. The van der Waals surface area contributed by atoms with E-state index in [9.17, 15) is 0 Å². The molecule has 0 amide bonds. The van der Waals surface area contributed by atoms with E-state index in [1.807, 2.05) is 0 Å². The van der Waals surface area contributed by atoms with Crippen LogP contribution in [0, 0.1) is 6.92 Å². The zero-order valence-electron chi connectivity index (χ0n) is 12.2. The first-order valence-corrected chi connectivity index (χ1v) is 6.35. The average molecular weight is 256 g/mol. The van der Waals surface area contributed by atoms with Crippen molar-refractivity contribution in [2.75, 3.05) is 0 Å². The van der Waals surface area contributed by atoms with Gasteiger partial charge in [0.05, 0.1) is 0 Å². The molecule has 0 unspecified atom stereocenters. The van der Waals surface area contributed by atoms with Crippen molar-refractivity contribution < 1.29 is 0 Å². The van der Waals surface area contributed by atoms with E-state index in [1.54, 1.807) is 6.92 Å². The van der Waals surface area contributed by atoms with Crippen LogP contribution in [0.3, 0.4) is 0 Å². The molecule has 22 heavy (non-hydrogen) atoms. The molecule has 0 bridgehead atoms. The van der Waals surface area contributed by atoms with Crippen molar-refractivity contribution in [2.24, 2.45) is 0 Å². The minimum Gasteiger partial charge on any atom is -0.112 e. The van der Waals surface area contributed by atoms with Crippen LogP contribution in [0.25, 0.3) is 11.1 Å². The summed E-state index contributed by atoms with van der Waals surface area (Å²) in [4.78, 5) is 0. The van der Waals surface area contributed by atoms with Gasteiger partial charge in [0.2, 0.25) is 0 Å². The third kappa shape index (κ3) is 2.37. The SMILES string of the molecule is [B]c1c([B])c([B])c(-c2c([B])c([B])c(C)c([B])c2[B])c([B])c1[B]. The Bertz CT molecular complexity index is 670. The molecule has 0 aliphatic heterocycles. The van der Waals surface area contributed by atoms with E-state index in [-0.39, 0.29) is 54.7 Å². The second-order valence-corrected chi connectivity index (χ2v) is 5.10. The van der Waals surface area contributed by atoms with Gasteiger partial charge in [0, 0.05) is 0 Å². The molecule has 0 N–H and O–H groups in total. The predicted molar refractivity (Wildman–Crippen MR) is 105 cm³/mol. The lowest BCUT2D eigenvalue weighted by molar-refractivity contribution is 1.59. The van der Waals surface area contributed by atoms with Gasteiger partial charge < -0.3 is 0 Å². The molecular formula is C13H3B9. The molecule has 0 aromatic heterocycles. The fraction of sp³-hybridized carbons (Fsp3) is 0.0769. The molecule has 0 heterocycles. The first-order chi connectivity index (χ1) is 10.1. The quantitative estimate of drug-likeness (QED) is 0.445. The molecule has 18 radical (unpaired) electrons. The fourth-order valence-corrected chi connectivity index (χ4v) is 2.35. The first-order valence-electron chi connectivity index (χ1n) is 6.35. The summed E-state index contributed by atoms with van der Waals surface area (Å²) in [6.45, 7) is 1.71. The molecule has 0 fully saturated rings. The number of hydrogen-bond donors (Lipinski definition) is 0. The van der Waals surface area contributed by atoms with E-state index < -0.39 is 0 Å². The number of hydrogen-bond acceptors (Lipinski definition) is 0. The minimum absolute atomic E-state index is 0.0956. The highest BCUT2D eigenvalue weighted by Gasteiger charge is 2.17. The van der Waals surface area contributed by atoms with Crippen molar-refractivity contribution in [1.82, 2.24) is 0 Å². The molecule has 2 aromatic carbocycles. The summed E-state index contributed by atoms with van der Waals surface area (Å²) in [6, 6.07) is 0. The third-order valence-electron chi connectivity index (χ3n) is 3.88. The van der Waals surface area contributed by atoms with Crippen molar-refractivity contribution in [3.05, 3.63) is 5.56 Å². The Morgan fingerprint density at radius 3 is 0.909 bits per heavy atom. The number of benzene rings is 2. The molecule has 82 valence electrons. The van der Waals surface area contributed by atoms with Gasteiger partial charge in [-0.15, -0.1) is 27.3 Å². The normalized spacial score (nSPS) is 10.8. The van der Waals surface area contributed by atoms with Crippen LogP contribution in [0.5, 0.6) is 0 Å². The van der Waals surface area contributed by atoms with E-state index in [0.717, 1.165) is 0 Å². The Balaban J connectivity index is 3.03. The monoisotopic (exact) mass is 258 g/mol. The van der Waals surface area contributed by atoms with Gasteiger partial charge in [0.25, 0.3) is 0 Å². The average Bonchev–Trinajstić information content (AvgIpc) is 2.50. The molecule has 0 saturated carbocycles. The molecular weight excluding hydrogens is 253 g/mol. The maximum Gasteiger partial charge on any atom is 0.113 e. The predicted octanol–water partition coefficient (Wildman–Crippen LogP) is -7.19. The summed E-state index contributed by atoms with van der Waals surface area (Å²) in [6.07, 6.45) is 0. The Labute approximate surface area is 143 Å². The van der Waals surface area contributed by atoms with Gasteiger partial charge in [-0.1, -0.05) is 27.4 Å². The topological polar surface area (TPSA) is 0 Å². The molecule has 2 rings (SSSR count). The Morgan fingerprint density at radius 2 is 0.591 bits per heavy atom. The van der Waals surface area contributed by atoms with E-state index in [1.165, 1.54) is 0 Å². The van der Waals surface area contributed by atoms with E-state index in [0.29, 0.717) is 11.1 Å². The lowest BCUT2D eigenvalue weighted by Crippen LogP contribution is -2.57. The van der Waals surface area contributed by atoms with Gasteiger partial charge in [0.15, 0.2) is 0 Å². The lowest BCUT2D eigenvalue weighted by Gasteiger charge is -2.27. The first kappa shape index (κ1) is 17.4. The highest BCUT2D eigenvalue weighted by Crippen LogP contribution is 2.06. The zero-order valence-corrected chi connectivity index (χ0v) is 12.2. The van der Waals surface area contributed by atoms with Gasteiger partial charge in [-0.25, -0.2) is 0 Å². The van der Waals surface area contributed by atoms with Crippen LogP contribution >= 0.6 is 0 Å². The molecule has 0 aliphatic rings. The summed E-state index contributed by atoms with van der Waals surface area (Å²) in [7, 11) is 53.6. The van der Waals surface area contributed by atoms with Crippen LogP contribution in [-0.2, 0) is 0 Å². The Hall–Kier alpha value is -0.976. The van der Waals surface area contributed by atoms with Gasteiger partial charge in [-0.2, -0.15) is 0 Å². The highest BCUT2D eigenvalue weighted by atomic mass is 14.1. The van der Waals surface area contributed by atoms with E-state index >= 15 is 0 Å². The van der Waals surface area contributed by atoms with E-state index in [2.05, 4.69) is 0 Å². The molecule has 0 atom stereocenters. The minimum atomic E-state index is 0.0956. The van der Waals surface area contributed by atoms with Crippen molar-refractivity contribution in [3.63, 3.8) is 0 Å². The summed E-state index contributed by atoms with van der Waals surface area (Å²) >= 11 is 0. The standard InChI is InChI=1S/C13H3B9/c1-2-5(14)7(16)3(8(17)6(2)15)4-9(18)11(20)13(22)12(21)10(4)19/h1H3. The second-order valence-electron chi connectivity index (χ2n) is 5.10. The van der Waals surface area contributed by atoms with Gasteiger partial charge in [-0.3, -0.25) is 0 Å².